The van der Waals surface area contributed by atoms with Crippen LogP contribution in [0.4, 0.5) is 10.5 Å². The summed E-state index contributed by atoms with van der Waals surface area (Å²) in [5.74, 6) is -0.269. The molecule has 1 N–H and O–H groups in total. The molecule has 0 aliphatic rings. The molecule has 0 aliphatic carbocycles. The van der Waals surface area contributed by atoms with Crippen LogP contribution in [0.3, 0.4) is 0 Å². The number of nitrogens with zero attached hydrogens (tertiary/aromatic N) is 1. The number of benzene rings is 1. The Morgan fingerprint density at radius 3 is 2.44 bits per heavy atom. The van der Waals surface area contributed by atoms with Crippen molar-refractivity contribution >= 4 is 23.8 Å². The molecule has 6 nitrogen and oxygen atoms in total. The van der Waals surface area contributed by atoms with Crippen molar-refractivity contribution in [1.29, 1.82) is 5.26 Å². The first-order valence-corrected chi connectivity index (χ1v) is 9.36. The third kappa shape index (κ3) is 8.41. The zero-order chi connectivity index (χ0) is 20.1. The molecule has 1 rings (SSSR count). The van der Waals surface area contributed by atoms with E-state index >= 15 is 0 Å². The van der Waals surface area contributed by atoms with E-state index in [1.807, 2.05) is 6.07 Å². The number of unbranched alkanes of at least 4 members (excludes halogenated alkanes) is 1. The van der Waals surface area contributed by atoms with Gasteiger partial charge in [-0.05, 0) is 43.0 Å². The van der Waals surface area contributed by atoms with Gasteiger partial charge in [0.2, 0.25) is 0 Å². The van der Waals surface area contributed by atoms with E-state index < -0.39 is 12.1 Å². The minimum Gasteiger partial charge on any atom is -0.462 e. The number of esters is 1. The van der Waals surface area contributed by atoms with Crippen LogP contribution in [0.5, 0.6) is 0 Å². The predicted octanol–water partition coefficient (Wildman–Crippen LogP) is 4.92. The molecule has 0 saturated carbocycles. The Kier molecular flexibility index (Phi) is 10.3. The Hall–Kier alpha value is -2.81. The van der Waals surface area contributed by atoms with Crippen molar-refractivity contribution in [3.63, 3.8) is 0 Å². The van der Waals surface area contributed by atoms with Crippen LogP contribution >= 0.6 is 0 Å². The third-order valence-corrected chi connectivity index (χ3v) is 4.08. The average molecular weight is 372 g/mol. The molecular weight excluding hydrogens is 344 g/mol. The zero-order valence-electron chi connectivity index (χ0n) is 16.3. The highest BCUT2D eigenvalue weighted by atomic mass is 16.5. The van der Waals surface area contributed by atoms with E-state index in [1.54, 1.807) is 31.2 Å². The topological polar surface area (TPSA) is 88.4 Å². The number of hydrogen-bond donors (Lipinski definition) is 1. The second-order valence-corrected chi connectivity index (χ2v) is 6.15. The van der Waals surface area contributed by atoms with Gasteiger partial charge in [0.15, 0.2) is 0 Å². The van der Waals surface area contributed by atoms with Crippen LogP contribution < -0.4 is 5.32 Å². The van der Waals surface area contributed by atoms with Crippen molar-refractivity contribution in [2.75, 3.05) is 18.5 Å². The number of carbonyl (C=O) groups excluding carboxylic acids is 2. The maximum Gasteiger partial charge on any atom is 0.411 e. The Morgan fingerprint density at radius 2 is 1.89 bits per heavy atom. The second-order valence-electron chi connectivity index (χ2n) is 6.15. The van der Waals surface area contributed by atoms with Gasteiger partial charge in [0.1, 0.15) is 11.6 Å². The number of carbonyl (C=O) groups is 2. The predicted molar refractivity (Wildman–Crippen MR) is 105 cm³/mol. The third-order valence-electron chi connectivity index (χ3n) is 4.08. The number of nitrogens with one attached hydrogen (secondary N) is 1. The van der Waals surface area contributed by atoms with Gasteiger partial charge in [-0.3, -0.25) is 5.32 Å². The van der Waals surface area contributed by atoms with Crippen LogP contribution in [0, 0.1) is 17.2 Å². The van der Waals surface area contributed by atoms with E-state index in [0.29, 0.717) is 23.8 Å². The summed E-state index contributed by atoms with van der Waals surface area (Å²) in [6.45, 7) is 6.54. The van der Waals surface area contributed by atoms with Crippen LogP contribution in [0.15, 0.2) is 29.8 Å². The molecular formula is C21H28N2O4. The summed E-state index contributed by atoms with van der Waals surface area (Å²) in [5.41, 5.74) is 1.16. The van der Waals surface area contributed by atoms with Gasteiger partial charge in [-0.2, -0.15) is 5.26 Å². The molecule has 27 heavy (non-hydrogen) atoms. The number of ether oxygens (including phenoxy) is 2. The largest absolute Gasteiger partial charge is 0.462 e. The maximum atomic E-state index is 11.9. The van der Waals surface area contributed by atoms with Crippen molar-refractivity contribution in [1.82, 2.24) is 0 Å². The quantitative estimate of drug-likeness (QED) is 0.358. The standard InChI is InChI=1S/C21H28N2O4/c1-4-7-8-16(5-2)15-27-21(25)23-19-11-9-17(10-12-19)13-18(14-22)20(24)26-6-3/h9-13,16H,4-8,15H2,1-3H3,(H,23,25). The molecule has 146 valence electrons. The molecule has 1 atom stereocenters. The Labute approximate surface area is 161 Å². The molecule has 1 unspecified atom stereocenters. The maximum absolute atomic E-state index is 11.9. The lowest BCUT2D eigenvalue weighted by atomic mass is 10.0. The van der Waals surface area contributed by atoms with Gasteiger partial charge >= 0.3 is 12.1 Å². The first-order chi connectivity index (χ1) is 13.0. The van der Waals surface area contributed by atoms with Gasteiger partial charge in [-0.25, -0.2) is 9.59 Å². The Balaban J connectivity index is 2.60. The summed E-state index contributed by atoms with van der Waals surface area (Å²) in [6.07, 6.45) is 5.26. The van der Waals surface area contributed by atoms with Crippen molar-refractivity contribution in [2.24, 2.45) is 5.92 Å². The van der Waals surface area contributed by atoms with Crippen molar-refractivity contribution < 1.29 is 19.1 Å². The summed E-state index contributed by atoms with van der Waals surface area (Å²) in [7, 11) is 0. The van der Waals surface area contributed by atoms with E-state index in [1.165, 1.54) is 6.08 Å². The highest BCUT2D eigenvalue weighted by Gasteiger charge is 2.11. The summed E-state index contributed by atoms with van der Waals surface area (Å²) >= 11 is 0. The number of anilines is 1. The highest BCUT2D eigenvalue weighted by molar-refractivity contribution is 5.98. The first kappa shape index (κ1) is 22.2. The average Bonchev–Trinajstić information content (AvgIpc) is 2.67. The number of nitriles is 1. The van der Waals surface area contributed by atoms with Crippen LogP contribution in [-0.2, 0) is 14.3 Å². The molecule has 1 amide bonds. The minimum absolute atomic E-state index is 0.0744. The fourth-order valence-electron chi connectivity index (χ4n) is 2.42. The molecule has 6 heteroatoms. The molecule has 0 heterocycles. The zero-order valence-corrected chi connectivity index (χ0v) is 16.3. The van der Waals surface area contributed by atoms with Crippen molar-refractivity contribution in [2.45, 2.75) is 46.5 Å². The molecule has 0 bridgehead atoms. The lowest BCUT2D eigenvalue weighted by molar-refractivity contribution is -0.137. The van der Waals surface area contributed by atoms with Gasteiger partial charge in [0.25, 0.3) is 0 Å². The first-order valence-electron chi connectivity index (χ1n) is 9.36. The summed E-state index contributed by atoms with van der Waals surface area (Å²) < 4.78 is 10.1. The molecule has 1 aromatic rings. The second kappa shape index (κ2) is 12.5. The fourth-order valence-corrected chi connectivity index (χ4v) is 2.42. The van der Waals surface area contributed by atoms with E-state index in [0.717, 1.165) is 25.7 Å². The lowest BCUT2D eigenvalue weighted by Crippen LogP contribution is -2.18. The van der Waals surface area contributed by atoms with E-state index in [9.17, 15) is 9.59 Å². The Bertz CT molecular complexity index is 674. The Morgan fingerprint density at radius 1 is 1.19 bits per heavy atom. The highest BCUT2D eigenvalue weighted by Crippen LogP contribution is 2.15. The molecule has 0 fully saturated rings. The van der Waals surface area contributed by atoms with Crippen LogP contribution in [0.25, 0.3) is 6.08 Å². The smallest absolute Gasteiger partial charge is 0.411 e. The number of hydrogen-bond acceptors (Lipinski definition) is 5. The van der Waals surface area contributed by atoms with Crippen molar-refractivity contribution in [3.8, 4) is 6.07 Å². The number of amides is 1. The van der Waals surface area contributed by atoms with Gasteiger partial charge in [-0.1, -0.05) is 45.2 Å². The summed E-state index contributed by atoms with van der Waals surface area (Å²) in [4.78, 5) is 23.5. The van der Waals surface area contributed by atoms with Crippen molar-refractivity contribution in [3.05, 3.63) is 35.4 Å². The van der Waals surface area contributed by atoms with E-state index in [4.69, 9.17) is 14.7 Å². The van der Waals surface area contributed by atoms with Gasteiger partial charge in [0.05, 0.1) is 13.2 Å². The fraction of sp³-hybridized carbons (Fsp3) is 0.476. The van der Waals surface area contributed by atoms with Crippen LogP contribution in [0.2, 0.25) is 0 Å². The molecule has 1 aromatic carbocycles. The van der Waals surface area contributed by atoms with E-state index in [-0.39, 0.29) is 12.2 Å². The SMILES string of the molecule is CCCCC(CC)COC(=O)Nc1ccc(C=C(C#N)C(=O)OCC)cc1. The molecule has 0 spiro atoms. The molecule has 0 aromatic heterocycles. The lowest BCUT2D eigenvalue weighted by Gasteiger charge is -2.15. The molecule has 0 radical (unpaired) electrons. The van der Waals surface area contributed by atoms with E-state index in [2.05, 4.69) is 19.2 Å². The normalized spacial score (nSPS) is 12.0. The summed E-state index contributed by atoms with van der Waals surface area (Å²) in [5, 5.41) is 11.7. The number of rotatable bonds is 10. The van der Waals surface area contributed by atoms with Gasteiger partial charge < -0.3 is 9.47 Å². The molecule has 0 saturated heterocycles. The molecule has 0 aliphatic heterocycles. The monoisotopic (exact) mass is 372 g/mol. The minimum atomic E-state index is -0.653. The summed E-state index contributed by atoms with van der Waals surface area (Å²) in [6, 6.07) is 8.58. The van der Waals surface area contributed by atoms with Crippen LogP contribution in [0.1, 0.15) is 52.0 Å². The van der Waals surface area contributed by atoms with Gasteiger partial charge in [0, 0.05) is 5.69 Å². The van der Waals surface area contributed by atoms with Gasteiger partial charge in [-0.15, -0.1) is 0 Å². The van der Waals surface area contributed by atoms with Crippen LogP contribution in [-0.4, -0.2) is 25.3 Å².